The van der Waals surface area contributed by atoms with Gasteiger partial charge in [-0.2, -0.15) is 0 Å². The number of nitrogens with two attached hydrogens (primary N) is 1. The van der Waals surface area contributed by atoms with E-state index in [1.807, 2.05) is 37.3 Å². The number of aryl methyl sites for hydroxylation is 1. The Kier molecular flexibility index (Phi) is 3.05. The van der Waals surface area contributed by atoms with Crippen molar-refractivity contribution in [3.05, 3.63) is 58.9 Å². The number of carbonyl (C=O) groups is 1. The molecule has 0 heterocycles. The molecule has 1 saturated carbocycles. The molecule has 1 aliphatic carbocycles. The second-order valence-electron chi connectivity index (χ2n) is 5.34. The van der Waals surface area contributed by atoms with Gasteiger partial charge in [0.2, 0.25) is 0 Å². The van der Waals surface area contributed by atoms with Crippen molar-refractivity contribution in [2.24, 2.45) is 5.73 Å². The molecule has 0 unspecified atom stereocenters. The van der Waals surface area contributed by atoms with E-state index in [-0.39, 0.29) is 11.5 Å². The molecule has 0 radical (unpaired) electrons. The van der Waals surface area contributed by atoms with Crippen molar-refractivity contribution in [2.45, 2.75) is 25.7 Å². The van der Waals surface area contributed by atoms with Crippen LogP contribution in [0.4, 0.5) is 4.39 Å². The summed E-state index contributed by atoms with van der Waals surface area (Å²) in [4.78, 5) is 11.3. The van der Waals surface area contributed by atoms with Gasteiger partial charge in [0.05, 0.1) is 5.56 Å². The van der Waals surface area contributed by atoms with Crippen LogP contribution < -0.4 is 5.73 Å². The second kappa shape index (κ2) is 4.75. The van der Waals surface area contributed by atoms with Crippen molar-refractivity contribution < 1.29 is 9.18 Å². The molecule has 2 aromatic rings. The molecule has 2 N–H and O–H groups in total. The lowest BCUT2D eigenvalue weighted by molar-refractivity contribution is 0.0996. The van der Waals surface area contributed by atoms with Gasteiger partial charge in [-0.15, -0.1) is 0 Å². The first-order chi connectivity index (χ1) is 9.59. The second-order valence-corrected chi connectivity index (χ2v) is 5.34. The van der Waals surface area contributed by atoms with E-state index >= 15 is 0 Å². The van der Waals surface area contributed by atoms with E-state index in [0.717, 1.165) is 29.5 Å². The van der Waals surface area contributed by atoms with Gasteiger partial charge < -0.3 is 5.73 Å². The molecule has 0 saturated heterocycles. The zero-order chi connectivity index (χ0) is 14.3. The molecule has 3 heteroatoms. The van der Waals surface area contributed by atoms with Gasteiger partial charge in [0.1, 0.15) is 5.82 Å². The third kappa shape index (κ3) is 2.09. The van der Waals surface area contributed by atoms with Crippen LogP contribution in [0.3, 0.4) is 0 Å². The van der Waals surface area contributed by atoms with Gasteiger partial charge in [-0.05, 0) is 54.0 Å². The lowest BCUT2D eigenvalue weighted by Gasteiger charge is -2.14. The molecule has 0 aliphatic heterocycles. The van der Waals surface area contributed by atoms with E-state index in [4.69, 9.17) is 5.73 Å². The number of hydrogen-bond donors (Lipinski definition) is 1. The van der Waals surface area contributed by atoms with E-state index < -0.39 is 11.7 Å². The number of carbonyl (C=O) groups excluding carboxylic acids is 1. The summed E-state index contributed by atoms with van der Waals surface area (Å²) in [5.74, 6) is -0.939. The summed E-state index contributed by atoms with van der Waals surface area (Å²) in [6, 6.07) is 11.2. The molecule has 1 fully saturated rings. The predicted molar refractivity (Wildman–Crippen MR) is 77.1 cm³/mol. The summed E-state index contributed by atoms with van der Waals surface area (Å²) in [5, 5.41) is 0. The highest BCUT2D eigenvalue weighted by Crippen LogP contribution is 2.46. The fourth-order valence-corrected chi connectivity index (χ4v) is 2.66. The lowest BCUT2D eigenvalue weighted by atomic mass is 9.91. The molecule has 2 aromatic carbocycles. The Morgan fingerprint density at radius 2 is 1.85 bits per heavy atom. The summed E-state index contributed by atoms with van der Waals surface area (Å²) in [6.45, 7) is 2.01. The highest BCUT2D eigenvalue weighted by atomic mass is 19.1. The van der Waals surface area contributed by atoms with Gasteiger partial charge in [0, 0.05) is 0 Å². The summed E-state index contributed by atoms with van der Waals surface area (Å²) in [5.41, 5.74) is 8.88. The number of primary amides is 1. The van der Waals surface area contributed by atoms with Crippen LogP contribution in [0.2, 0.25) is 0 Å². The molecule has 3 rings (SSSR count). The number of benzene rings is 2. The third-order valence-electron chi connectivity index (χ3n) is 3.87. The van der Waals surface area contributed by atoms with Crippen LogP contribution in [0.5, 0.6) is 0 Å². The minimum Gasteiger partial charge on any atom is -0.366 e. The van der Waals surface area contributed by atoms with Gasteiger partial charge in [-0.1, -0.05) is 30.3 Å². The first kappa shape index (κ1) is 12.9. The van der Waals surface area contributed by atoms with Crippen molar-refractivity contribution in [3.63, 3.8) is 0 Å². The van der Waals surface area contributed by atoms with E-state index in [1.54, 1.807) is 0 Å². The molecule has 20 heavy (non-hydrogen) atoms. The average Bonchev–Trinajstić information content (AvgIpc) is 3.23. The summed E-state index contributed by atoms with van der Waals surface area (Å²) in [7, 11) is 0. The molecule has 0 atom stereocenters. The van der Waals surface area contributed by atoms with Crippen molar-refractivity contribution in [3.8, 4) is 11.1 Å². The van der Waals surface area contributed by atoms with Crippen LogP contribution in [-0.2, 0) is 0 Å². The Labute approximate surface area is 117 Å². The van der Waals surface area contributed by atoms with Crippen LogP contribution in [0, 0.1) is 12.7 Å². The Bertz CT molecular complexity index is 689. The zero-order valence-electron chi connectivity index (χ0n) is 11.3. The highest BCUT2D eigenvalue weighted by molar-refractivity contribution is 5.94. The fraction of sp³-hybridized carbons (Fsp3) is 0.235. The average molecular weight is 269 g/mol. The molecule has 2 nitrogen and oxygen atoms in total. The van der Waals surface area contributed by atoms with Gasteiger partial charge in [-0.25, -0.2) is 4.39 Å². The molecular weight excluding hydrogens is 253 g/mol. The maximum atomic E-state index is 14.6. The van der Waals surface area contributed by atoms with E-state index in [1.165, 1.54) is 6.07 Å². The Morgan fingerprint density at radius 3 is 2.45 bits per heavy atom. The SMILES string of the molecule is Cc1ccccc1-c1ccc(C(N)=O)c(F)c1C1CC1. The topological polar surface area (TPSA) is 43.1 Å². The fourth-order valence-electron chi connectivity index (χ4n) is 2.66. The van der Waals surface area contributed by atoms with Crippen molar-refractivity contribution in [2.75, 3.05) is 0 Å². The Morgan fingerprint density at radius 1 is 1.15 bits per heavy atom. The number of rotatable bonds is 3. The molecule has 1 amide bonds. The number of halogens is 1. The van der Waals surface area contributed by atoms with Crippen molar-refractivity contribution in [1.29, 1.82) is 0 Å². The largest absolute Gasteiger partial charge is 0.366 e. The molecule has 102 valence electrons. The first-order valence-electron chi connectivity index (χ1n) is 6.77. The van der Waals surface area contributed by atoms with Crippen LogP contribution in [0.25, 0.3) is 11.1 Å². The Hall–Kier alpha value is -2.16. The number of amides is 1. The van der Waals surface area contributed by atoms with E-state index in [9.17, 15) is 9.18 Å². The van der Waals surface area contributed by atoms with Gasteiger partial charge >= 0.3 is 0 Å². The highest BCUT2D eigenvalue weighted by Gasteiger charge is 2.31. The van der Waals surface area contributed by atoms with Crippen LogP contribution >= 0.6 is 0 Å². The molecule has 0 spiro atoms. The maximum absolute atomic E-state index is 14.6. The third-order valence-corrected chi connectivity index (χ3v) is 3.87. The van der Waals surface area contributed by atoms with Crippen LogP contribution in [-0.4, -0.2) is 5.91 Å². The predicted octanol–water partition coefficient (Wildman–Crippen LogP) is 3.78. The zero-order valence-corrected chi connectivity index (χ0v) is 11.3. The standard InChI is InChI=1S/C17H16FNO/c1-10-4-2-3-5-12(10)13-8-9-14(17(19)20)16(18)15(13)11-6-7-11/h2-5,8-9,11H,6-7H2,1H3,(H2,19,20). The summed E-state index contributed by atoms with van der Waals surface area (Å²) in [6.07, 6.45) is 1.94. The minimum atomic E-state index is -0.708. The minimum absolute atomic E-state index is 0.00997. The van der Waals surface area contributed by atoms with Gasteiger partial charge in [-0.3, -0.25) is 4.79 Å². The van der Waals surface area contributed by atoms with Crippen LogP contribution in [0.15, 0.2) is 36.4 Å². The van der Waals surface area contributed by atoms with E-state index in [2.05, 4.69) is 0 Å². The monoisotopic (exact) mass is 269 g/mol. The molecular formula is C17H16FNO. The summed E-state index contributed by atoms with van der Waals surface area (Å²) < 4.78 is 14.6. The molecule has 0 aromatic heterocycles. The number of hydrogen-bond acceptors (Lipinski definition) is 1. The lowest BCUT2D eigenvalue weighted by Crippen LogP contribution is -2.14. The molecule has 0 bridgehead atoms. The first-order valence-corrected chi connectivity index (χ1v) is 6.77. The maximum Gasteiger partial charge on any atom is 0.251 e. The van der Waals surface area contributed by atoms with E-state index in [0.29, 0.717) is 5.56 Å². The van der Waals surface area contributed by atoms with Crippen molar-refractivity contribution >= 4 is 5.91 Å². The normalized spacial score (nSPS) is 14.3. The Balaban J connectivity index is 2.24. The van der Waals surface area contributed by atoms with Crippen LogP contribution in [0.1, 0.15) is 40.2 Å². The van der Waals surface area contributed by atoms with Crippen molar-refractivity contribution in [1.82, 2.24) is 0 Å². The smallest absolute Gasteiger partial charge is 0.251 e. The molecule has 1 aliphatic rings. The summed E-state index contributed by atoms with van der Waals surface area (Å²) >= 11 is 0. The quantitative estimate of drug-likeness (QED) is 0.905. The van der Waals surface area contributed by atoms with Gasteiger partial charge in [0.15, 0.2) is 0 Å². The van der Waals surface area contributed by atoms with Gasteiger partial charge in [0.25, 0.3) is 5.91 Å².